The Hall–Kier alpha value is -1.16. The van der Waals surface area contributed by atoms with Gasteiger partial charge in [0.25, 0.3) is 6.43 Å². The minimum absolute atomic E-state index is 0.219. The van der Waals surface area contributed by atoms with Crippen molar-refractivity contribution in [2.45, 2.75) is 39.2 Å². The Kier molecular flexibility index (Phi) is 6.78. The van der Waals surface area contributed by atoms with Crippen LogP contribution in [0.2, 0.25) is 0 Å². The molecule has 0 saturated carbocycles. The van der Waals surface area contributed by atoms with Gasteiger partial charge in [0.2, 0.25) is 0 Å². The first-order valence-electron chi connectivity index (χ1n) is 6.91. The van der Waals surface area contributed by atoms with Crippen LogP contribution in [-0.4, -0.2) is 26.6 Å². The van der Waals surface area contributed by atoms with E-state index in [-0.39, 0.29) is 12.6 Å². The van der Waals surface area contributed by atoms with E-state index in [4.69, 9.17) is 0 Å². The molecular formula is C15H24F2N2. The van der Waals surface area contributed by atoms with Crippen molar-refractivity contribution in [3.05, 3.63) is 29.8 Å². The van der Waals surface area contributed by atoms with Crippen LogP contribution in [0.15, 0.2) is 24.3 Å². The van der Waals surface area contributed by atoms with Gasteiger partial charge in [-0.05, 0) is 31.0 Å². The number of anilines is 1. The van der Waals surface area contributed by atoms with Gasteiger partial charge in [-0.2, -0.15) is 0 Å². The van der Waals surface area contributed by atoms with Gasteiger partial charge in [-0.25, -0.2) is 8.78 Å². The number of alkyl halides is 2. The third-order valence-electron chi connectivity index (χ3n) is 3.18. The molecule has 1 aromatic carbocycles. The SMILES string of the molecule is CCCNC(CC)c1ccccc1N(C)CC(F)F. The molecule has 0 aliphatic carbocycles. The molecule has 0 aliphatic heterocycles. The maximum atomic E-state index is 12.5. The first-order chi connectivity index (χ1) is 9.10. The number of nitrogens with one attached hydrogen (secondary N) is 1. The molecule has 1 atom stereocenters. The lowest BCUT2D eigenvalue weighted by atomic mass is 10.0. The van der Waals surface area contributed by atoms with E-state index >= 15 is 0 Å². The highest BCUT2D eigenvalue weighted by molar-refractivity contribution is 5.54. The second-order valence-corrected chi connectivity index (χ2v) is 4.75. The second kappa shape index (κ2) is 8.10. The zero-order valence-corrected chi connectivity index (χ0v) is 12.0. The molecule has 0 saturated heterocycles. The van der Waals surface area contributed by atoms with Gasteiger partial charge < -0.3 is 10.2 Å². The Labute approximate surface area is 114 Å². The van der Waals surface area contributed by atoms with Crippen molar-refractivity contribution in [1.82, 2.24) is 5.32 Å². The fraction of sp³-hybridized carbons (Fsp3) is 0.600. The van der Waals surface area contributed by atoms with Crippen LogP contribution < -0.4 is 10.2 Å². The molecule has 0 fully saturated rings. The highest BCUT2D eigenvalue weighted by Gasteiger charge is 2.16. The number of nitrogens with zero attached hydrogens (tertiary/aromatic N) is 1. The predicted octanol–water partition coefficient (Wildman–Crippen LogP) is 3.84. The Balaban J connectivity index is 2.92. The van der Waals surface area contributed by atoms with Gasteiger partial charge in [0.15, 0.2) is 0 Å². The summed E-state index contributed by atoms with van der Waals surface area (Å²) in [5.41, 5.74) is 1.99. The molecule has 1 aromatic rings. The van der Waals surface area contributed by atoms with Gasteiger partial charge in [-0.1, -0.05) is 32.0 Å². The summed E-state index contributed by atoms with van der Waals surface area (Å²) in [7, 11) is 1.72. The lowest BCUT2D eigenvalue weighted by Gasteiger charge is -2.26. The molecule has 0 aliphatic rings. The third-order valence-corrected chi connectivity index (χ3v) is 3.18. The fourth-order valence-corrected chi connectivity index (χ4v) is 2.23. The maximum Gasteiger partial charge on any atom is 0.255 e. The number of benzene rings is 1. The first-order valence-corrected chi connectivity index (χ1v) is 6.91. The fourth-order valence-electron chi connectivity index (χ4n) is 2.23. The minimum Gasteiger partial charge on any atom is -0.369 e. The van der Waals surface area contributed by atoms with Crippen molar-refractivity contribution in [2.24, 2.45) is 0 Å². The van der Waals surface area contributed by atoms with Gasteiger partial charge in [0.1, 0.15) is 0 Å². The molecule has 0 aromatic heterocycles. The number of para-hydroxylation sites is 1. The number of hydrogen-bond donors (Lipinski definition) is 1. The Morgan fingerprint density at radius 2 is 1.89 bits per heavy atom. The highest BCUT2D eigenvalue weighted by Crippen LogP contribution is 2.28. The van der Waals surface area contributed by atoms with Crippen LogP contribution >= 0.6 is 0 Å². The van der Waals surface area contributed by atoms with Gasteiger partial charge in [-0.15, -0.1) is 0 Å². The molecule has 1 rings (SSSR count). The molecule has 108 valence electrons. The predicted molar refractivity (Wildman–Crippen MR) is 77.0 cm³/mol. The molecule has 0 spiro atoms. The highest BCUT2D eigenvalue weighted by atomic mass is 19.3. The van der Waals surface area contributed by atoms with E-state index in [1.807, 2.05) is 24.3 Å². The van der Waals surface area contributed by atoms with Gasteiger partial charge in [-0.3, -0.25) is 0 Å². The van der Waals surface area contributed by atoms with Gasteiger partial charge >= 0.3 is 0 Å². The van der Waals surface area contributed by atoms with Crippen LogP contribution in [0, 0.1) is 0 Å². The molecular weight excluding hydrogens is 246 g/mol. The van der Waals surface area contributed by atoms with Crippen molar-refractivity contribution < 1.29 is 8.78 Å². The molecule has 0 radical (unpaired) electrons. The smallest absolute Gasteiger partial charge is 0.255 e. The molecule has 0 bridgehead atoms. The zero-order valence-electron chi connectivity index (χ0n) is 12.0. The van der Waals surface area contributed by atoms with Gasteiger partial charge in [0.05, 0.1) is 6.54 Å². The van der Waals surface area contributed by atoms with E-state index < -0.39 is 6.43 Å². The summed E-state index contributed by atoms with van der Waals surface area (Å²) in [5.74, 6) is 0. The van der Waals surface area contributed by atoms with Crippen molar-refractivity contribution in [1.29, 1.82) is 0 Å². The summed E-state index contributed by atoms with van der Waals surface area (Å²) in [6.07, 6.45) is -0.313. The average molecular weight is 270 g/mol. The summed E-state index contributed by atoms with van der Waals surface area (Å²) < 4.78 is 25.1. The van der Waals surface area contributed by atoms with Crippen molar-refractivity contribution in [3.8, 4) is 0 Å². The standard InChI is InChI=1S/C15H24F2N2/c1-4-10-18-13(5-2)12-8-6-7-9-14(12)19(3)11-15(16)17/h6-9,13,15,18H,4-5,10-11H2,1-3H3. The van der Waals surface area contributed by atoms with Crippen LogP contribution in [0.4, 0.5) is 14.5 Å². The van der Waals surface area contributed by atoms with E-state index in [1.54, 1.807) is 11.9 Å². The first kappa shape index (κ1) is 15.9. The van der Waals surface area contributed by atoms with Crippen LogP contribution in [0.25, 0.3) is 0 Å². The zero-order chi connectivity index (χ0) is 14.3. The monoisotopic (exact) mass is 270 g/mol. The molecule has 19 heavy (non-hydrogen) atoms. The normalized spacial score (nSPS) is 12.7. The molecule has 0 amide bonds. The number of rotatable bonds is 8. The summed E-state index contributed by atoms with van der Waals surface area (Å²) in [6.45, 7) is 4.93. The molecule has 2 nitrogen and oxygen atoms in total. The van der Waals surface area contributed by atoms with Crippen molar-refractivity contribution in [2.75, 3.05) is 25.0 Å². The van der Waals surface area contributed by atoms with Crippen LogP contribution in [0.5, 0.6) is 0 Å². The van der Waals surface area contributed by atoms with Crippen LogP contribution in [-0.2, 0) is 0 Å². The molecule has 0 heterocycles. The van der Waals surface area contributed by atoms with Crippen LogP contribution in [0.1, 0.15) is 38.3 Å². The van der Waals surface area contributed by atoms with Gasteiger partial charge in [0, 0.05) is 18.8 Å². The lowest BCUT2D eigenvalue weighted by molar-refractivity contribution is 0.156. The average Bonchev–Trinajstić information content (AvgIpc) is 2.39. The minimum atomic E-state index is -2.32. The van der Waals surface area contributed by atoms with E-state index in [9.17, 15) is 8.78 Å². The summed E-state index contributed by atoms with van der Waals surface area (Å²) in [4.78, 5) is 1.64. The Morgan fingerprint density at radius 3 is 2.47 bits per heavy atom. The van der Waals surface area contributed by atoms with E-state index in [1.165, 1.54) is 0 Å². The largest absolute Gasteiger partial charge is 0.369 e. The molecule has 4 heteroatoms. The number of halogens is 2. The molecule has 1 N–H and O–H groups in total. The quantitative estimate of drug-likeness (QED) is 0.772. The van der Waals surface area contributed by atoms with E-state index in [2.05, 4.69) is 19.2 Å². The van der Waals surface area contributed by atoms with E-state index in [0.29, 0.717) is 0 Å². The Bertz CT molecular complexity index is 369. The summed E-state index contributed by atoms with van der Waals surface area (Å²) >= 11 is 0. The van der Waals surface area contributed by atoms with Crippen molar-refractivity contribution in [3.63, 3.8) is 0 Å². The number of hydrogen-bond acceptors (Lipinski definition) is 2. The lowest BCUT2D eigenvalue weighted by Crippen LogP contribution is -2.28. The van der Waals surface area contributed by atoms with Crippen molar-refractivity contribution >= 4 is 5.69 Å². The van der Waals surface area contributed by atoms with Crippen LogP contribution in [0.3, 0.4) is 0 Å². The second-order valence-electron chi connectivity index (χ2n) is 4.75. The molecule has 1 unspecified atom stereocenters. The topological polar surface area (TPSA) is 15.3 Å². The van der Waals surface area contributed by atoms with E-state index in [0.717, 1.165) is 30.6 Å². The maximum absolute atomic E-state index is 12.5. The third kappa shape index (κ3) is 4.78. The summed E-state index contributed by atoms with van der Waals surface area (Å²) in [5, 5.41) is 3.47. The summed E-state index contributed by atoms with van der Waals surface area (Å²) in [6, 6.07) is 8.01. The Morgan fingerprint density at radius 1 is 1.21 bits per heavy atom.